The van der Waals surface area contributed by atoms with Crippen LogP contribution >= 0.6 is 0 Å². The second-order valence-corrected chi connectivity index (χ2v) is 3.53. The highest BCUT2D eigenvalue weighted by molar-refractivity contribution is 5.75. The Morgan fingerprint density at radius 3 is 3.00 bits per heavy atom. The molecule has 15 heavy (non-hydrogen) atoms. The SMILES string of the molecule is CCCn1cccc1CC(N)C(=O)OC. The lowest BCUT2D eigenvalue weighted by atomic mass is 10.1. The Balaban J connectivity index is 2.63. The van der Waals surface area contributed by atoms with Crippen molar-refractivity contribution in [2.45, 2.75) is 32.4 Å². The Morgan fingerprint density at radius 1 is 1.67 bits per heavy atom. The maximum absolute atomic E-state index is 11.2. The molecule has 1 aromatic rings. The molecule has 1 aromatic heterocycles. The van der Waals surface area contributed by atoms with Gasteiger partial charge in [-0.15, -0.1) is 0 Å². The van der Waals surface area contributed by atoms with E-state index in [2.05, 4.69) is 16.2 Å². The molecule has 0 amide bonds. The van der Waals surface area contributed by atoms with Crippen LogP contribution < -0.4 is 5.73 Å². The fraction of sp³-hybridized carbons (Fsp3) is 0.545. The van der Waals surface area contributed by atoms with Crippen LogP contribution in [-0.4, -0.2) is 23.7 Å². The van der Waals surface area contributed by atoms with Gasteiger partial charge in [0.25, 0.3) is 0 Å². The van der Waals surface area contributed by atoms with E-state index in [-0.39, 0.29) is 5.97 Å². The van der Waals surface area contributed by atoms with Crippen LogP contribution in [0.3, 0.4) is 0 Å². The van der Waals surface area contributed by atoms with E-state index in [4.69, 9.17) is 5.73 Å². The summed E-state index contributed by atoms with van der Waals surface area (Å²) >= 11 is 0. The normalized spacial score (nSPS) is 12.5. The lowest BCUT2D eigenvalue weighted by molar-refractivity contribution is -0.142. The monoisotopic (exact) mass is 210 g/mol. The van der Waals surface area contributed by atoms with Gasteiger partial charge < -0.3 is 15.0 Å². The van der Waals surface area contributed by atoms with Gasteiger partial charge in [-0.05, 0) is 18.6 Å². The van der Waals surface area contributed by atoms with Crippen molar-refractivity contribution in [2.75, 3.05) is 7.11 Å². The van der Waals surface area contributed by atoms with Crippen LogP contribution in [0.5, 0.6) is 0 Å². The number of carbonyl (C=O) groups excluding carboxylic acids is 1. The number of nitrogens with zero attached hydrogens (tertiary/aromatic N) is 1. The first-order valence-electron chi connectivity index (χ1n) is 5.16. The molecule has 0 saturated heterocycles. The molecular weight excluding hydrogens is 192 g/mol. The number of aryl methyl sites for hydroxylation is 1. The van der Waals surface area contributed by atoms with Crippen LogP contribution in [0.1, 0.15) is 19.0 Å². The summed E-state index contributed by atoms with van der Waals surface area (Å²) in [5, 5.41) is 0. The summed E-state index contributed by atoms with van der Waals surface area (Å²) in [7, 11) is 1.35. The second-order valence-electron chi connectivity index (χ2n) is 3.53. The standard InChI is InChI=1S/C11H18N2O2/c1-3-6-13-7-4-5-9(13)8-10(12)11(14)15-2/h4-5,7,10H,3,6,8,12H2,1-2H3. The first kappa shape index (κ1) is 11.8. The number of ether oxygens (including phenoxy) is 1. The number of aromatic nitrogens is 1. The highest BCUT2D eigenvalue weighted by atomic mass is 16.5. The zero-order chi connectivity index (χ0) is 11.3. The van der Waals surface area contributed by atoms with E-state index in [1.165, 1.54) is 7.11 Å². The molecule has 0 bridgehead atoms. The average Bonchev–Trinajstić information content (AvgIpc) is 2.65. The van der Waals surface area contributed by atoms with E-state index >= 15 is 0 Å². The molecule has 84 valence electrons. The summed E-state index contributed by atoms with van der Waals surface area (Å²) in [6.45, 7) is 3.07. The molecule has 0 spiro atoms. The van der Waals surface area contributed by atoms with Crippen molar-refractivity contribution < 1.29 is 9.53 Å². The van der Waals surface area contributed by atoms with Gasteiger partial charge in [0.05, 0.1) is 7.11 Å². The molecule has 0 radical (unpaired) electrons. The topological polar surface area (TPSA) is 57.2 Å². The molecule has 1 unspecified atom stereocenters. The Morgan fingerprint density at radius 2 is 2.40 bits per heavy atom. The third kappa shape index (κ3) is 3.09. The molecule has 1 rings (SSSR count). The third-order valence-corrected chi connectivity index (χ3v) is 2.32. The van der Waals surface area contributed by atoms with Crippen LogP contribution in [0.2, 0.25) is 0 Å². The van der Waals surface area contributed by atoms with Crippen molar-refractivity contribution in [3.8, 4) is 0 Å². The van der Waals surface area contributed by atoms with Crippen molar-refractivity contribution in [1.82, 2.24) is 4.57 Å². The van der Waals surface area contributed by atoms with Gasteiger partial charge in [0.2, 0.25) is 0 Å². The quantitative estimate of drug-likeness (QED) is 0.736. The summed E-state index contributed by atoms with van der Waals surface area (Å²) in [6.07, 6.45) is 3.59. The van der Waals surface area contributed by atoms with Gasteiger partial charge in [0.15, 0.2) is 0 Å². The molecule has 2 N–H and O–H groups in total. The number of hydrogen-bond acceptors (Lipinski definition) is 3. The summed E-state index contributed by atoms with van der Waals surface area (Å²) < 4.78 is 6.70. The van der Waals surface area contributed by atoms with E-state index in [1.54, 1.807) is 0 Å². The predicted molar refractivity (Wildman–Crippen MR) is 58.4 cm³/mol. The lowest BCUT2D eigenvalue weighted by Gasteiger charge is -2.11. The average molecular weight is 210 g/mol. The van der Waals surface area contributed by atoms with Crippen molar-refractivity contribution in [2.24, 2.45) is 5.73 Å². The smallest absolute Gasteiger partial charge is 0.323 e. The molecule has 0 aromatic carbocycles. The van der Waals surface area contributed by atoms with Gasteiger partial charge in [0.1, 0.15) is 6.04 Å². The van der Waals surface area contributed by atoms with Crippen LogP contribution in [0, 0.1) is 0 Å². The molecular formula is C11H18N2O2. The fourth-order valence-corrected chi connectivity index (χ4v) is 1.55. The Kier molecular flexibility index (Phi) is 4.37. The van der Waals surface area contributed by atoms with Crippen molar-refractivity contribution >= 4 is 5.97 Å². The second kappa shape index (κ2) is 5.56. The molecule has 0 aliphatic carbocycles. The Bertz CT molecular complexity index is 320. The molecule has 1 atom stereocenters. The summed E-state index contributed by atoms with van der Waals surface area (Å²) in [6, 6.07) is 3.38. The van der Waals surface area contributed by atoms with Gasteiger partial charge in [-0.25, -0.2) is 0 Å². The van der Waals surface area contributed by atoms with E-state index in [9.17, 15) is 4.79 Å². The molecule has 4 heteroatoms. The van der Waals surface area contributed by atoms with Crippen LogP contribution in [0.25, 0.3) is 0 Å². The van der Waals surface area contributed by atoms with E-state index in [0.717, 1.165) is 18.7 Å². The minimum absolute atomic E-state index is 0.362. The number of carbonyl (C=O) groups is 1. The number of hydrogen-bond donors (Lipinski definition) is 1. The highest BCUT2D eigenvalue weighted by Gasteiger charge is 2.15. The van der Waals surface area contributed by atoms with Gasteiger partial charge in [-0.1, -0.05) is 6.92 Å². The Labute approximate surface area is 90.0 Å². The summed E-state index contributed by atoms with van der Waals surface area (Å²) in [5.41, 5.74) is 6.77. The molecule has 1 heterocycles. The minimum atomic E-state index is -0.569. The number of nitrogens with two attached hydrogens (primary N) is 1. The van der Waals surface area contributed by atoms with Crippen molar-refractivity contribution in [3.63, 3.8) is 0 Å². The fourth-order valence-electron chi connectivity index (χ4n) is 1.55. The molecule has 0 saturated carbocycles. The summed E-state index contributed by atoms with van der Waals surface area (Å²) in [5.74, 6) is -0.362. The minimum Gasteiger partial charge on any atom is -0.468 e. The van der Waals surface area contributed by atoms with E-state index in [0.29, 0.717) is 6.42 Å². The maximum atomic E-state index is 11.2. The largest absolute Gasteiger partial charge is 0.468 e. The number of rotatable bonds is 5. The van der Waals surface area contributed by atoms with Crippen molar-refractivity contribution in [1.29, 1.82) is 0 Å². The van der Waals surface area contributed by atoms with Crippen LogP contribution in [-0.2, 0) is 22.5 Å². The van der Waals surface area contributed by atoms with Crippen LogP contribution in [0.15, 0.2) is 18.3 Å². The molecule has 0 fully saturated rings. The van der Waals surface area contributed by atoms with E-state index < -0.39 is 6.04 Å². The Hall–Kier alpha value is -1.29. The third-order valence-electron chi connectivity index (χ3n) is 2.32. The van der Waals surface area contributed by atoms with Crippen molar-refractivity contribution in [3.05, 3.63) is 24.0 Å². The van der Waals surface area contributed by atoms with Crippen LogP contribution in [0.4, 0.5) is 0 Å². The van der Waals surface area contributed by atoms with Gasteiger partial charge in [-0.2, -0.15) is 0 Å². The van der Waals surface area contributed by atoms with E-state index in [1.807, 2.05) is 18.3 Å². The van der Waals surface area contributed by atoms with Gasteiger partial charge >= 0.3 is 5.97 Å². The lowest BCUT2D eigenvalue weighted by Crippen LogP contribution is -2.34. The van der Waals surface area contributed by atoms with Gasteiger partial charge in [-0.3, -0.25) is 4.79 Å². The zero-order valence-electron chi connectivity index (χ0n) is 9.27. The zero-order valence-corrected chi connectivity index (χ0v) is 9.27. The molecule has 0 aliphatic heterocycles. The first-order chi connectivity index (χ1) is 7.19. The predicted octanol–water partition coefficient (Wildman–Crippen LogP) is 0.941. The number of methoxy groups -OCH3 is 1. The molecule has 0 aliphatic rings. The van der Waals surface area contributed by atoms with Gasteiger partial charge in [0, 0.05) is 24.9 Å². The maximum Gasteiger partial charge on any atom is 0.323 e. The number of esters is 1. The highest BCUT2D eigenvalue weighted by Crippen LogP contribution is 2.06. The summed E-state index contributed by atoms with van der Waals surface area (Å²) in [4.78, 5) is 11.2. The molecule has 4 nitrogen and oxygen atoms in total. The first-order valence-corrected chi connectivity index (χ1v) is 5.16.